The number of methoxy groups -OCH3 is 4. The summed E-state index contributed by atoms with van der Waals surface area (Å²) in [5.41, 5.74) is 2.06. The molecule has 28 heavy (non-hydrogen) atoms. The normalized spacial score (nSPS) is 11.5. The van der Waals surface area contributed by atoms with E-state index in [1.165, 1.54) is 0 Å². The molecule has 0 saturated heterocycles. The zero-order chi connectivity index (χ0) is 20.5. The molecule has 0 fully saturated rings. The van der Waals surface area contributed by atoms with Crippen LogP contribution in [0.1, 0.15) is 30.4 Å². The molecule has 6 nitrogen and oxygen atoms in total. The minimum atomic E-state index is 0.00541. The summed E-state index contributed by atoms with van der Waals surface area (Å²) in [7, 11) is 6.45. The number of nitrogens with one attached hydrogen (secondary N) is 1. The van der Waals surface area contributed by atoms with Crippen molar-refractivity contribution in [1.29, 1.82) is 0 Å². The van der Waals surface area contributed by atoms with Gasteiger partial charge in [-0.2, -0.15) is 0 Å². The molecule has 1 N–H and O–H groups in total. The highest BCUT2D eigenvalue weighted by molar-refractivity contribution is 5.77. The summed E-state index contributed by atoms with van der Waals surface area (Å²) in [6.07, 6.45) is 1.10. The van der Waals surface area contributed by atoms with Crippen LogP contribution >= 0.6 is 0 Å². The Morgan fingerprint density at radius 3 is 2.25 bits per heavy atom. The second-order valence-corrected chi connectivity index (χ2v) is 6.50. The van der Waals surface area contributed by atoms with Gasteiger partial charge in [0.15, 0.2) is 11.5 Å². The van der Waals surface area contributed by atoms with Crippen LogP contribution in [0, 0.1) is 0 Å². The number of rotatable bonds is 10. The van der Waals surface area contributed by atoms with E-state index in [0.717, 1.165) is 22.6 Å². The quantitative estimate of drug-likeness (QED) is 0.675. The number of carbonyl (C=O) groups excluding carboxylic acids is 1. The maximum absolute atomic E-state index is 12.3. The van der Waals surface area contributed by atoms with E-state index in [0.29, 0.717) is 30.9 Å². The smallest absolute Gasteiger partial charge is 0.220 e. The van der Waals surface area contributed by atoms with Crippen LogP contribution in [-0.2, 0) is 11.2 Å². The Morgan fingerprint density at radius 2 is 1.61 bits per heavy atom. The van der Waals surface area contributed by atoms with E-state index in [9.17, 15) is 4.79 Å². The van der Waals surface area contributed by atoms with Crippen molar-refractivity contribution in [2.24, 2.45) is 0 Å². The second kappa shape index (κ2) is 10.4. The van der Waals surface area contributed by atoms with E-state index in [-0.39, 0.29) is 11.8 Å². The molecule has 6 heteroatoms. The number of carbonyl (C=O) groups is 1. The minimum absolute atomic E-state index is 0.00541. The topological polar surface area (TPSA) is 66.0 Å². The first-order chi connectivity index (χ1) is 13.5. The highest BCUT2D eigenvalue weighted by Gasteiger charge is 2.16. The van der Waals surface area contributed by atoms with Crippen LogP contribution < -0.4 is 24.3 Å². The number of ether oxygens (including phenoxy) is 4. The van der Waals surface area contributed by atoms with Crippen molar-refractivity contribution < 1.29 is 23.7 Å². The summed E-state index contributed by atoms with van der Waals surface area (Å²) in [6, 6.07) is 11.4. The van der Waals surface area contributed by atoms with Crippen molar-refractivity contribution in [2.45, 2.75) is 25.7 Å². The van der Waals surface area contributed by atoms with Gasteiger partial charge in [-0.1, -0.05) is 19.1 Å². The molecule has 2 rings (SSSR count). The van der Waals surface area contributed by atoms with Gasteiger partial charge in [-0.25, -0.2) is 0 Å². The van der Waals surface area contributed by atoms with Gasteiger partial charge in [-0.15, -0.1) is 0 Å². The lowest BCUT2D eigenvalue weighted by atomic mass is 9.96. The Bertz CT molecular complexity index is 790. The maximum Gasteiger partial charge on any atom is 0.220 e. The van der Waals surface area contributed by atoms with Crippen LogP contribution in [0.2, 0.25) is 0 Å². The third kappa shape index (κ3) is 5.55. The number of benzene rings is 2. The van der Waals surface area contributed by atoms with Crippen LogP contribution in [0.4, 0.5) is 0 Å². The van der Waals surface area contributed by atoms with E-state index < -0.39 is 0 Å². The molecule has 0 aromatic heterocycles. The molecule has 0 spiro atoms. The summed E-state index contributed by atoms with van der Waals surface area (Å²) in [6.45, 7) is 2.57. The maximum atomic E-state index is 12.3. The summed E-state index contributed by atoms with van der Waals surface area (Å²) in [4.78, 5) is 12.3. The predicted octanol–water partition coefficient (Wildman–Crippen LogP) is 3.57. The van der Waals surface area contributed by atoms with Gasteiger partial charge in [-0.05, 0) is 41.7 Å². The van der Waals surface area contributed by atoms with E-state index >= 15 is 0 Å². The van der Waals surface area contributed by atoms with Crippen molar-refractivity contribution in [2.75, 3.05) is 35.0 Å². The molecule has 1 atom stereocenters. The summed E-state index contributed by atoms with van der Waals surface area (Å²) in [5, 5.41) is 2.98. The highest BCUT2D eigenvalue weighted by atomic mass is 16.5. The molecular weight excluding hydrogens is 358 g/mol. The van der Waals surface area contributed by atoms with Gasteiger partial charge >= 0.3 is 0 Å². The van der Waals surface area contributed by atoms with Crippen LogP contribution in [-0.4, -0.2) is 40.9 Å². The van der Waals surface area contributed by atoms with Gasteiger partial charge < -0.3 is 24.3 Å². The molecular formula is C22H29NO5. The average Bonchev–Trinajstić information content (AvgIpc) is 2.72. The Morgan fingerprint density at radius 1 is 0.893 bits per heavy atom. The lowest BCUT2D eigenvalue weighted by Crippen LogP contribution is -2.26. The zero-order valence-corrected chi connectivity index (χ0v) is 17.2. The Balaban J connectivity index is 1.89. The Hall–Kier alpha value is -2.89. The lowest BCUT2D eigenvalue weighted by Gasteiger charge is -2.16. The Labute approximate surface area is 166 Å². The van der Waals surface area contributed by atoms with Crippen LogP contribution in [0.5, 0.6) is 23.0 Å². The first kappa shape index (κ1) is 21.4. The summed E-state index contributed by atoms with van der Waals surface area (Å²) >= 11 is 0. The first-order valence-electron chi connectivity index (χ1n) is 9.21. The molecule has 2 aromatic carbocycles. The van der Waals surface area contributed by atoms with Gasteiger partial charge in [0.25, 0.3) is 0 Å². The molecule has 0 saturated carbocycles. The number of hydrogen-bond donors (Lipinski definition) is 1. The van der Waals surface area contributed by atoms with Crippen molar-refractivity contribution in [3.8, 4) is 23.0 Å². The fraction of sp³-hybridized carbons (Fsp3) is 0.409. The fourth-order valence-corrected chi connectivity index (χ4v) is 3.07. The molecule has 2 aromatic rings. The fourth-order valence-electron chi connectivity index (χ4n) is 3.07. The molecule has 0 aliphatic carbocycles. The van der Waals surface area contributed by atoms with E-state index in [1.54, 1.807) is 28.4 Å². The highest BCUT2D eigenvalue weighted by Crippen LogP contribution is 2.32. The van der Waals surface area contributed by atoms with E-state index in [2.05, 4.69) is 5.32 Å². The molecule has 1 amide bonds. The van der Waals surface area contributed by atoms with Gasteiger partial charge in [-0.3, -0.25) is 4.79 Å². The first-order valence-corrected chi connectivity index (χ1v) is 9.21. The molecule has 1 unspecified atom stereocenters. The SMILES string of the molecule is COc1ccc(C(C)CC(=O)NCCc2ccc(OC)c(OC)c2)c(OC)c1. The number of hydrogen-bond acceptors (Lipinski definition) is 5. The van der Waals surface area contributed by atoms with E-state index in [4.69, 9.17) is 18.9 Å². The third-order valence-corrected chi connectivity index (χ3v) is 4.65. The molecule has 152 valence electrons. The van der Waals surface area contributed by atoms with Crippen molar-refractivity contribution in [3.05, 3.63) is 47.5 Å². The lowest BCUT2D eigenvalue weighted by molar-refractivity contribution is -0.121. The molecule has 0 aliphatic heterocycles. The van der Waals surface area contributed by atoms with Gasteiger partial charge in [0, 0.05) is 19.0 Å². The summed E-state index contributed by atoms with van der Waals surface area (Å²) < 4.78 is 21.2. The number of amides is 1. The molecule has 0 radical (unpaired) electrons. The summed E-state index contributed by atoms with van der Waals surface area (Å²) in [5.74, 6) is 2.87. The van der Waals surface area contributed by atoms with Crippen molar-refractivity contribution in [1.82, 2.24) is 5.32 Å². The average molecular weight is 387 g/mol. The molecule has 0 heterocycles. The molecule has 0 bridgehead atoms. The van der Waals surface area contributed by atoms with Crippen molar-refractivity contribution in [3.63, 3.8) is 0 Å². The van der Waals surface area contributed by atoms with Gasteiger partial charge in [0.2, 0.25) is 5.91 Å². The largest absolute Gasteiger partial charge is 0.497 e. The zero-order valence-electron chi connectivity index (χ0n) is 17.2. The van der Waals surface area contributed by atoms with Gasteiger partial charge in [0.1, 0.15) is 11.5 Å². The minimum Gasteiger partial charge on any atom is -0.497 e. The Kier molecular flexibility index (Phi) is 7.99. The second-order valence-electron chi connectivity index (χ2n) is 6.50. The predicted molar refractivity (Wildman–Crippen MR) is 109 cm³/mol. The van der Waals surface area contributed by atoms with Crippen LogP contribution in [0.25, 0.3) is 0 Å². The third-order valence-electron chi connectivity index (χ3n) is 4.65. The van der Waals surface area contributed by atoms with Crippen molar-refractivity contribution >= 4 is 5.91 Å². The monoisotopic (exact) mass is 387 g/mol. The standard InChI is InChI=1S/C22H29NO5/c1-15(18-8-7-17(25-2)14-20(18)27-4)12-22(24)23-11-10-16-6-9-19(26-3)21(13-16)28-5/h6-9,13-15H,10-12H2,1-5H3,(H,23,24). The van der Waals surface area contributed by atoms with E-state index in [1.807, 2.05) is 43.3 Å². The van der Waals surface area contributed by atoms with Crippen LogP contribution in [0.3, 0.4) is 0 Å². The molecule has 0 aliphatic rings. The van der Waals surface area contributed by atoms with Crippen LogP contribution in [0.15, 0.2) is 36.4 Å². The van der Waals surface area contributed by atoms with Gasteiger partial charge in [0.05, 0.1) is 28.4 Å².